The predicted molar refractivity (Wildman–Crippen MR) is 112 cm³/mol. The molecule has 0 saturated heterocycles. The van der Waals surface area contributed by atoms with Crippen molar-refractivity contribution in [2.75, 3.05) is 7.11 Å². The summed E-state index contributed by atoms with van der Waals surface area (Å²) in [6.07, 6.45) is 0. The number of hydrogen-bond donors (Lipinski definition) is 0. The van der Waals surface area contributed by atoms with E-state index in [1.54, 1.807) is 13.2 Å². The fourth-order valence-electron chi connectivity index (χ4n) is 4.00. The van der Waals surface area contributed by atoms with Gasteiger partial charge in [-0.25, -0.2) is 0 Å². The molecule has 5 heteroatoms. The molecular formula is C21H30O3SSi. The minimum Gasteiger partial charge on any atom is -0.540 e. The molecule has 0 bridgehead atoms. The van der Waals surface area contributed by atoms with Gasteiger partial charge in [-0.05, 0) is 46.3 Å². The molecule has 2 rings (SSSR count). The zero-order valence-electron chi connectivity index (χ0n) is 16.8. The molecule has 0 unspecified atom stereocenters. The van der Waals surface area contributed by atoms with Gasteiger partial charge in [0, 0.05) is 16.5 Å². The molecule has 0 N–H and O–H groups in total. The van der Waals surface area contributed by atoms with Gasteiger partial charge in [0.2, 0.25) is 0 Å². The highest BCUT2D eigenvalue weighted by Crippen LogP contribution is 2.44. The standard InChI is InChI=1S/C21H30O3SSi/c1-14(2)26(15(3)4,16(5)6)24-19-9-8-17(12-20(19)23-7)21(22)18-10-11-25-13-18/h8-16H,1-7H3. The first kappa shape index (κ1) is 20.7. The van der Waals surface area contributed by atoms with E-state index in [1.807, 2.05) is 29.0 Å². The van der Waals surface area contributed by atoms with E-state index in [9.17, 15) is 4.79 Å². The Hall–Kier alpha value is -1.59. The average molecular weight is 391 g/mol. The Kier molecular flexibility index (Phi) is 6.69. The van der Waals surface area contributed by atoms with Gasteiger partial charge in [0.1, 0.15) is 5.75 Å². The monoisotopic (exact) mass is 390 g/mol. The number of ether oxygens (including phenoxy) is 1. The largest absolute Gasteiger partial charge is 0.540 e. The molecule has 0 radical (unpaired) electrons. The highest BCUT2D eigenvalue weighted by Gasteiger charge is 2.47. The quantitative estimate of drug-likeness (QED) is 0.379. The number of thiophene rings is 1. The lowest BCUT2D eigenvalue weighted by Gasteiger charge is -2.42. The molecule has 2 aromatic rings. The van der Waals surface area contributed by atoms with Gasteiger partial charge < -0.3 is 9.16 Å². The van der Waals surface area contributed by atoms with E-state index in [2.05, 4.69) is 41.5 Å². The number of methoxy groups -OCH3 is 1. The van der Waals surface area contributed by atoms with Crippen LogP contribution in [0.1, 0.15) is 57.5 Å². The molecule has 0 fully saturated rings. The molecule has 142 valence electrons. The number of carbonyl (C=O) groups is 1. The number of carbonyl (C=O) groups excluding carboxylic acids is 1. The zero-order chi connectivity index (χ0) is 19.5. The Labute approximate surface area is 162 Å². The van der Waals surface area contributed by atoms with Crippen molar-refractivity contribution in [1.82, 2.24) is 0 Å². The average Bonchev–Trinajstić information content (AvgIpc) is 3.12. The second-order valence-electron chi connectivity index (χ2n) is 7.63. The third-order valence-electron chi connectivity index (χ3n) is 5.20. The van der Waals surface area contributed by atoms with Crippen molar-refractivity contribution in [1.29, 1.82) is 0 Å². The van der Waals surface area contributed by atoms with Crippen molar-refractivity contribution in [3.8, 4) is 11.5 Å². The van der Waals surface area contributed by atoms with E-state index in [1.165, 1.54) is 11.3 Å². The van der Waals surface area contributed by atoms with Crippen LogP contribution in [0.4, 0.5) is 0 Å². The summed E-state index contributed by atoms with van der Waals surface area (Å²) in [6, 6.07) is 7.39. The molecule has 1 aromatic heterocycles. The smallest absolute Gasteiger partial charge is 0.258 e. The van der Waals surface area contributed by atoms with Gasteiger partial charge in [-0.15, -0.1) is 0 Å². The lowest BCUT2D eigenvalue weighted by Crippen LogP contribution is -2.50. The fraction of sp³-hybridized carbons (Fsp3) is 0.476. The molecule has 0 aliphatic rings. The molecule has 26 heavy (non-hydrogen) atoms. The van der Waals surface area contributed by atoms with E-state index in [-0.39, 0.29) is 5.78 Å². The summed E-state index contributed by atoms with van der Waals surface area (Å²) in [4.78, 5) is 12.6. The van der Waals surface area contributed by atoms with Gasteiger partial charge in [-0.3, -0.25) is 4.79 Å². The minimum atomic E-state index is -2.08. The highest BCUT2D eigenvalue weighted by molar-refractivity contribution is 7.08. The van der Waals surface area contributed by atoms with E-state index >= 15 is 0 Å². The Balaban J connectivity index is 2.42. The lowest BCUT2D eigenvalue weighted by molar-refractivity contribution is 0.103. The summed E-state index contributed by atoms with van der Waals surface area (Å²) < 4.78 is 12.3. The van der Waals surface area contributed by atoms with Gasteiger partial charge in [0.25, 0.3) is 8.32 Å². The van der Waals surface area contributed by atoms with E-state index < -0.39 is 8.32 Å². The normalized spacial score (nSPS) is 12.1. The van der Waals surface area contributed by atoms with Crippen molar-refractivity contribution in [2.24, 2.45) is 0 Å². The van der Waals surface area contributed by atoms with Crippen molar-refractivity contribution in [3.05, 3.63) is 46.2 Å². The van der Waals surface area contributed by atoms with Crippen LogP contribution in [0.25, 0.3) is 0 Å². The molecular weight excluding hydrogens is 360 g/mol. The third kappa shape index (κ3) is 3.89. The van der Waals surface area contributed by atoms with Crippen molar-refractivity contribution in [3.63, 3.8) is 0 Å². The first-order chi connectivity index (χ1) is 12.2. The Bertz CT molecular complexity index is 714. The van der Waals surface area contributed by atoms with E-state index in [4.69, 9.17) is 9.16 Å². The highest BCUT2D eigenvalue weighted by atomic mass is 32.1. The van der Waals surface area contributed by atoms with Gasteiger partial charge in [0.15, 0.2) is 11.5 Å². The molecule has 3 nitrogen and oxygen atoms in total. The van der Waals surface area contributed by atoms with Crippen LogP contribution >= 0.6 is 11.3 Å². The fourth-order valence-corrected chi connectivity index (χ4v) is 9.89. The van der Waals surface area contributed by atoms with Gasteiger partial charge in [0.05, 0.1) is 7.11 Å². The molecule has 0 aliphatic heterocycles. The molecule has 1 heterocycles. The van der Waals surface area contributed by atoms with Crippen molar-refractivity contribution < 1.29 is 14.0 Å². The van der Waals surface area contributed by atoms with Crippen LogP contribution in [0, 0.1) is 0 Å². The maximum absolute atomic E-state index is 12.6. The molecule has 0 atom stereocenters. The summed E-state index contributed by atoms with van der Waals surface area (Å²) >= 11 is 1.52. The minimum absolute atomic E-state index is 0.0104. The van der Waals surface area contributed by atoms with Crippen LogP contribution in [0.5, 0.6) is 11.5 Å². The van der Waals surface area contributed by atoms with Crippen LogP contribution in [-0.4, -0.2) is 21.2 Å². The maximum Gasteiger partial charge on any atom is 0.258 e. The second kappa shape index (κ2) is 8.40. The maximum atomic E-state index is 12.6. The predicted octanol–water partition coefficient (Wildman–Crippen LogP) is 6.54. The number of hydrogen-bond acceptors (Lipinski definition) is 4. The van der Waals surface area contributed by atoms with Crippen LogP contribution in [0.3, 0.4) is 0 Å². The van der Waals surface area contributed by atoms with Gasteiger partial charge in [-0.2, -0.15) is 11.3 Å². The second-order valence-corrected chi connectivity index (χ2v) is 13.8. The van der Waals surface area contributed by atoms with Crippen molar-refractivity contribution in [2.45, 2.75) is 58.2 Å². The summed E-state index contributed by atoms with van der Waals surface area (Å²) in [6.45, 7) is 13.5. The first-order valence-electron chi connectivity index (χ1n) is 9.17. The SMILES string of the molecule is COc1cc(C(=O)c2ccsc2)ccc1O[Si](C(C)C)(C(C)C)C(C)C. The molecule has 1 aromatic carbocycles. The van der Waals surface area contributed by atoms with Gasteiger partial charge >= 0.3 is 0 Å². The first-order valence-corrected chi connectivity index (χ1v) is 12.3. The summed E-state index contributed by atoms with van der Waals surface area (Å²) in [5.74, 6) is 1.39. The lowest BCUT2D eigenvalue weighted by atomic mass is 10.1. The van der Waals surface area contributed by atoms with Crippen LogP contribution in [-0.2, 0) is 0 Å². The molecule has 0 amide bonds. The topological polar surface area (TPSA) is 35.5 Å². The molecule has 0 aliphatic carbocycles. The summed E-state index contributed by atoms with van der Waals surface area (Å²) in [5.41, 5.74) is 2.75. The summed E-state index contributed by atoms with van der Waals surface area (Å²) in [7, 11) is -0.448. The molecule has 0 saturated carbocycles. The zero-order valence-corrected chi connectivity index (χ0v) is 18.6. The van der Waals surface area contributed by atoms with Gasteiger partial charge in [-0.1, -0.05) is 41.5 Å². The van der Waals surface area contributed by atoms with Crippen LogP contribution < -0.4 is 9.16 Å². The van der Waals surface area contributed by atoms with E-state index in [0.717, 1.165) is 5.75 Å². The third-order valence-corrected chi connectivity index (χ3v) is 11.9. The Morgan fingerprint density at radius 3 is 2.00 bits per heavy atom. The molecule has 0 spiro atoms. The number of ketones is 1. The summed E-state index contributed by atoms with van der Waals surface area (Å²) in [5, 5.41) is 3.78. The van der Waals surface area contributed by atoms with Crippen molar-refractivity contribution >= 4 is 25.4 Å². The number of rotatable bonds is 8. The van der Waals surface area contributed by atoms with Crippen LogP contribution in [0.15, 0.2) is 35.0 Å². The van der Waals surface area contributed by atoms with E-state index in [0.29, 0.717) is 33.5 Å². The number of benzene rings is 1. The Morgan fingerprint density at radius 1 is 0.923 bits per heavy atom. The Morgan fingerprint density at radius 2 is 1.54 bits per heavy atom. The van der Waals surface area contributed by atoms with Crippen LogP contribution in [0.2, 0.25) is 16.6 Å².